The second-order valence-corrected chi connectivity index (χ2v) is 9.12. The number of carbonyl (C=O) groups excluding carboxylic acids is 2. The topological polar surface area (TPSA) is 118 Å². The number of rotatable bonds is 9. The fraction of sp³-hybridized carbons (Fsp3) is 0.250. The lowest BCUT2D eigenvalue weighted by Crippen LogP contribution is -2.15. The molecule has 0 bridgehead atoms. The summed E-state index contributed by atoms with van der Waals surface area (Å²) in [4.78, 5) is 24.9. The number of ketones is 1. The number of hydrogen-bond acceptors (Lipinski definition) is 6. The van der Waals surface area contributed by atoms with Gasteiger partial charge in [-0.2, -0.15) is 0 Å². The molecule has 0 atom stereocenters. The summed E-state index contributed by atoms with van der Waals surface area (Å²) in [6.45, 7) is 3.24. The lowest BCUT2D eigenvalue weighted by Gasteiger charge is -2.11. The van der Waals surface area contributed by atoms with Crippen LogP contribution in [0.25, 0.3) is 5.69 Å². The van der Waals surface area contributed by atoms with Crippen LogP contribution in [0.3, 0.4) is 0 Å². The zero-order valence-corrected chi connectivity index (χ0v) is 19.5. The monoisotopic (exact) mass is 470 g/mol. The van der Waals surface area contributed by atoms with Crippen molar-refractivity contribution in [3.8, 4) is 11.4 Å². The van der Waals surface area contributed by atoms with Crippen molar-refractivity contribution >= 4 is 21.8 Å². The molecule has 3 aromatic rings. The fourth-order valence-corrected chi connectivity index (χ4v) is 4.18. The molecule has 1 heterocycles. The molecule has 0 fully saturated rings. The molecule has 0 saturated carbocycles. The van der Waals surface area contributed by atoms with E-state index in [0.717, 1.165) is 11.3 Å². The Morgan fingerprint density at radius 2 is 1.70 bits per heavy atom. The van der Waals surface area contributed by atoms with E-state index >= 15 is 0 Å². The number of aromatic nitrogens is 1. The van der Waals surface area contributed by atoms with Gasteiger partial charge in [-0.05, 0) is 62.2 Å². The maximum Gasteiger partial charge on any atom is 0.306 e. The van der Waals surface area contributed by atoms with Crippen LogP contribution in [0, 0.1) is 13.8 Å². The van der Waals surface area contributed by atoms with E-state index in [1.165, 1.54) is 12.1 Å². The minimum atomic E-state index is -3.79. The molecule has 9 heteroatoms. The van der Waals surface area contributed by atoms with E-state index in [9.17, 15) is 18.0 Å². The van der Waals surface area contributed by atoms with Gasteiger partial charge in [0.05, 0.1) is 12.0 Å². The van der Waals surface area contributed by atoms with Crippen LogP contribution in [0.15, 0.2) is 59.5 Å². The van der Waals surface area contributed by atoms with Gasteiger partial charge >= 0.3 is 5.97 Å². The highest BCUT2D eigenvalue weighted by Crippen LogP contribution is 2.23. The minimum absolute atomic E-state index is 0.00467. The van der Waals surface area contributed by atoms with Crippen LogP contribution >= 0.6 is 0 Å². The van der Waals surface area contributed by atoms with Crippen molar-refractivity contribution in [2.24, 2.45) is 5.14 Å². The summed E-state index contributed by atoms with van der Waals surface area (Å²) in [7, 11) is -2.22. The molecule has 0 saturated heterocycles. The number of benzene rings is 2. The Morgan fingerprint density at radius 3 is 2.33 bits per heavy atom. The average molecular weight is 471 g/mol. The molecule has 0 aliphatic heterocycles. The summed E-state index contributed by atoms with van der Waals surface area (Å²) in [5, 5.41) is 5.15. The summed E-state index contributed by atoms with van der Waals surface area (Å²) >= 11 is 0. The van der Waals surface area contributed by atoms with Gasteiger partial charge < -0.3 is 14.0 Å². The van der Waals surface area contributed by atoms with Crippen molar-refractivity contribution in [3.05, 3.63) is 77.1 Å². The largest absolute Gasteiger partial charge is 0.496 e. The third-order valence-electron chi connectivity index (χ3n) is 5.31. The number of primary sulfonamides is 1. The molecule has 0 amide bonds. The Morgan fingerprint density at radius 1 is 1.03 bits per heavy atom. The van der Waals surface area contributed by atoms with Crippen LogP contribution < -0.4 is 9.88 Å². The highest BCUT2D eigenvalue weighted by atomic mass is 32.2. The maximum atomic E-state index is 12.7. The van der Waals surface area contributed by atoms with Crippen molar-refractivity contribution in [1.29, 1.82) is 0 Å². The minimum Gasteiger partial charge on any atom is -0.496 e. The van der Waals surface area contributed by atoms with E-state index in [1.54, 1.807) is 32.2 Å². The molecule has 33 heavy (non-hydrogen) atoms. The molecule has 0 unspecified atom stereocenters. The van der Waals surface area contributed by atoms with Gasteiger partial charge in [-0.15, -0.1) is 0 Å². The van der Waals surface area contributed by atoms with E-state index in [4.69, 9.17) is 14.6 Å². The first-order valence-electron chi connectivity index (χ1n) is 10.2. The van der Waals surface area contributed by atoms with Gasteiger partial charge in [0.1, 0.15) is 5.75 Å². The summed E-state index contributed by atoms with van der Waals surface area (Å²) in [6.07, 6.45) is 0.573. The smallest absolute Gasteiger partial charge is 0.306 e. The summed E-state index contributed by atoms with van der Waals surface area (Å²) in [5.74, 6) is -0.0892. The van der Waals surface area contributed by atoms with Crippen LogP contribution in [0.1, 0.15) is 33.7 Å². The molecule has 2 N–H and O–H groups in total. The predicted octanol–water partition coefficient (Wildman–Crippen LogP) is 3.11. The van der Waals surface area contributed by atoms with Crippen molar-refractivity contribution in [2.45, 2.75) is 31.6 Å². The molecule has 174 valence electrons. The third kappa shape index (κ3) is 5.68. The van der Waals surface area contributed by atoms with E-state index in [0.29, 0.717) is 29.1 Å². The Balaban J connectivity index is 1.65. The lowest BCUT2D eigenvalue weighted by molar-refractivity contribution is -0.142. The summed E-state index contributed by atoms with van der Waals surface area (Å²) in [5.41, 5.74) is 3.44. The molecule has 2 aromatic carbocycles. The predicted molar refractivity (Wildman–Crippen MR) is 123 cm³/mol. The van der Waals surface area contributed by atoms with E-state index in [-0.39, 0.29) is 23.7 Å². The van der Waals surface area contributed by atoms with Gasteiger partial charge in [0.15, 0.2) is 6.61 Å². The SMILES string of the molecule is COc1ccccc1CCC(=O)OCC(=O)c1cc(C)n(-c2ccc(S(N)(=O)=O)cc2)c1C. The lowest BCUT2D eigenvalue weighted by atomic mass is 10.1. The molecular formula is C24H26N2O6S. The Bertz CT molecular complexity index is 1280. The first kappa shape index (κ1) is 24.2. The fourth-order valence-electron chi connectivity index (χ4n) is 3.67. The van der Waals surface area contributed by atoms with Gasteiger partial charge in [0, 0.05) is 29.1 Å². The first-order valence-corrected chi connectivity index (χ1v) is 11.8. The number of hydrogen-bond donors (Lipinski definition) is 1. The van der Waals surface area contributed by atoms with Crippen molar-refractivity contribution in [3.63, 3.8) is 0 Å². The Hall–Kier alpha value is -3.43. The molecule has 0 radical (unpaired) electrons. The normalized spacial score (nSPS) is 11.3. The van der Waals surface area contributed by atoms with E-state index in [2.05, 4.69) is 0 Å². The van der Waals surface area contributed by atoms with Crippen LogP contribution in [-0.4, -0.2) is 38.5 Å². The second-order valence-electron chi connectivity index (χ2n) is 7.55. The molecule has 0 spiro atoms. The molecule has 1 aromatic heterocycles. The van der Waals surface area contributed by atoms with Gasteiger partial charge in [-0.25, -0.2) is 13.6 Å². The van der Waals surface area contributed by atoms with Crippen molar-refractivity contribution in [2.75, 3.05) is 13.7 Å². The first-order chi connectivity index (χ1) is 15.6. The molecular weight excluding hydrogens is 444 g/mol. The zero-order valence-electron chi connectivity index (χ0n) is 18.7. The third-order valence-corrected chi connectivity index (χ3v) is 6.24. The van der Waals surface area contributed by atoms with Gasteiger partial charge in [0.2, 0.25) is 15.8 Å². The molecule has 8 nitrogen and oxygen atoms in total. The number of nitrogens with zero attached hydrogens (tertiary/aromatic N) is 1. The number of carbonyl (C=O) groups is 2. The van der Waals surface area contributed by atoms with Gasteiger partial charge in [0.25, 0.3) is 0 Å². The standard InChI is InChI=1S/C24H26N2O6S/c1-16-14-21(17(2)26(16)19-9-11-20(12-10-19)33(25,29)30)22(27)15-32-24(28)13-8-18-6-4-5-7-23(18)31-3/h4-7,9-12,14H,8,13,15H2,1-3H3,(H2,25,29,30). The average Bonchev–Trinajstić information content (AvgIpc) is 3.09. The van der Waals surface area contributed by atoms with Crippen LogP contribution in [0.2, 0.25) is 0 Å². The number of nitrogens with two attached hydrogens (primary N) is 1. The number of para-hydroxylation sites is 1. The van der Waals surface area contributed by atoms with Crippen molar-refractivity contribution < 1.29 is 27.5 Å². The van der Waals surface area contributed by atoms with Crippen LogP contribution in [-0.2, 0) is 26.0 Å². The van der Waals surface area contributed by atoms with E-state index in [1.807, 2.05) is 35.8 Å². The number of Topliss-reactive ketones (excluding diaryl/α,β-unsaturated/α-hetero) is 1. The number of aryl methyl sites for hydroxylation is 2. The number of esters is 1. The highest BCUT2D eigenvalue weighted by Gasteiger charge is 2.19. The van der Waals surface area contributed by atoms with Gasteiger partial charge in [-0.3, -0.25) is 9.59 Å². The summed E-state index contributed by atoms with van der Waals surface area (Å²) < 4.78 is 35.2. The van der Waals surface area contributed by atoms with Gasteiger partial charge in [-0.1, -0.05) is 18.2 Å². The number of methoxy groups -OCH3 is 1. The van der Waals surface area contributed by atoms with E-state index < -0.39 is 16.0 Å². The quantitative estimate of drug-likeness (QED) is 0.379. The zero-order chi connectivity index (χ0) is 24.2. The van der Waals surface area contributed by atoms with Crippen LogP contribution in [0.5, 0.6) is 5.75 Å². The Kier molecular flexibility index (Phi) is 7.35. The number of sulfonamides is 1. The highest BCUT2D eigenvalue weighted by molar-refractivity contribution is 7.89. The Labute approximate surface area is 193 Å². The second kappa shape index (κ2) is 10.0. The molecule has 0 aliphatic rings. The summed E-state index contributed by atoms with van der Waals surface area (Å²) in [6, 6.07) is 15.2. The van der Waals surface area contributed by atoms with Crippen LogP contribution in [0.4, 0.5) is 0 Å². The molecule has 0 aliphatic carbocycles. The van der Waals surface area contributed by atoms with Crippen molar-refractivity contribution in [1.82, 2.24) is 4.57 Å². The molecule has 3 rings (SSSR count). The maximum absolute atomic E-state index is 12.7. The number of ether oxygens (including phenoxy) is 2.